The zero-order valence-corrected chi connectivity index (χ0v) is 12.9. The molecule has 0 radical (unpaired) electrons. The summed E-state index contributed by atoms with van der Waals surface area (Å²) in [6, 6.07) is 10.0. The first-order valence-electron chi connectivity index (χ1n) is 6.94. The number of aromatic nitrogens is 4. The lowest BCUT2D eigenvalue weighted by Gasteiger charge is -2.10. The number of rotatable bonds is 3. The zero-order valence-electron chi connectivity index (χ0n) is 12.1. The van der Waals surface area contributed by atoms with Crippen molar-refractivity contribution in [1.82, 2.24) is 20.2 Å². The van der Waals surface area contributed by atoms with Gasteiger partial charge in [-0.25, -0.2) is 0 Å². The lowest BCUT2D eigenvalue weighted by Crippen LogP contribution is -2.15. The van der Waals surface area contributed by atoms with Gasteiger partial charge in [-0.15, -0.1) is 5.10 Å². The van der Waals surface area contributed by atoms with Gasteiger partial charge < -0.3 is 14.8 Å². The van der Waals surface area contributed by atoms with E-state index in [1.807, 2.05) is 0 Å². The van der Waals surface area contributed by atoms with E-state index in [0.717, 1.165) is 0 Å². The third-order valence-corrected chi connectivity index (χ3v) is 3.67. The quantitative estimate of drug-likeness (QED) is 0.784. The third-order valence-electron chi connectivity index (χ3n) is 3.43. The van der Waals surface area contributed by atoms with Crippen LogP contribution in [0.5, 0.6) is 11.5 Å². The second-order valence-electron chi connectivity index (χ2n) is 4.94. The summed E-state index contributed by atoms with van der Waals surface area (Å²) >= 11 is 6.02. The van der Waals surface area contributed by atoms with E-state index in [9.17, 15) is 4.79 Å². The average Bonchev–Trinajstić information content (AvgIpc) is 3.26. The van der Waals surface area contributed by atoms with Crippen LogP contribution in [0, 0.1) is 0 Å². The number of amides is 1. The molecule has 1 amide bonds. The first-order chi connectivity index (χ1) is 11.7. The van der Waals surface area contributed by atoms with Crippen molar-refractivity contribution >= 4 is 23.2 Å². The first-order valence-corrected chi connectivity index (χ1v) is 7.32. The third kappa shape index (κ3) is 2.63. The molecule has 9 heteroatoms. The summed E-state index contributed by atoms with van der Waals surface area (Å²) in [5.41, 5.74) is 1.44. The van der Waals surface area contributed by atoms with Gasteiger partial charge in [-0.2, -0.15) is 4.68 Å². The summed E-state index contributed by atoms with van der Waals surface area (Å²) in [5, 5.41) is 14.2. The maximum Gasteiger partial charge on any atom is 0.257 e. The van der Waals surface area contributed by atoms with Crippen LogP contribution in [0.4, 0.5) is 5.69 Å². The molecule has 3 aromatic rings. The van der Waals surface area contributed by atoms with Gasteiger partial charge in [0, 0.05) is 16.8 Å². The van der Waals surface area contributed by atoms with Crippen LogP contribution >= 0.6 is 11.6 Å². The highest BCUT2D eigenvalue weighted by molar-refractivity contribution is 6.31. The van der Waals surface area contributed by atoms with Gasteiger partial charge in [0.15, 0.2) is 11.5 Å². The molecule has 0 saturated heterocycles. The number of carbonyl (C=O) groups excluding carboxylic acids is 1. The van der Waals surface area contributed by atoms with Crippen LogP contribution in [0.15, 0.2) is 42.7 Å². The van der Waals surface area contributed by atoms with E-state index < -0.39 is 0 Å². The molecule has 0 saturated carbocycles. The Morgan fingerprint density at radius 1 is 1.17 bits per heavy atom. The Morgan fingerprint density at radius 2 is 2.04 bits per heavy atom. The molecule has 8 nitrogen and oxygen atoms in total. The standard InChI is InChI=1S/C15H10ClN5O3/c16-9-1-3-11(12(5-9)21-7-17-19-20-21)15(22)18-10-2-4-13-14(6-10)24-8-23-13/h1-7H,8H2,(H,18,22). The highest BCUT2D eigenvalue weighted by atomic mass is 35.5. The monoisotopic (exact) mass is 343 g/mol. The summed E-state index contributed by atoms with van der Waals surface area (Å²) in [4.78, 5) is 12.6. The molecule has 0 bridgehead atoms. The van der Waals surface area contributed by atoms with Crippen LogP contribution in [0.2, 0.25) is 5.02 Å². The van der Waals surface area contributed by atoms with Crippen molar-refractivity contribution < 1.29 is 14.3 Å². The van der Waals surface area contributed by atoms with Gasteiger partial charge in [-0.05, 0) is 40.8 Å². The van der Waals surface area contributed by atoms with Crippen molar-refractivity contribution in [2.75, 3.05) is 12.1 Å². The highest BCUT2D eigenvalue weighted by Gasteiger charge is 2.17. The number of hydrogen-bond donors (Lipinski definition) is 1. The zero-order chi connectivity index (χ0) is 16.5. The fourth-order valence-electron chi connectivity index (χ4n) is 2.33. The Labute approximate surface area is 140 Å². The summed E-state index contributed by atoms with van der Waals surface area (Å²) in [6.07, 6.45) is 1.39. The van der Waals surface area contributed by atoms with E-state index in [-0.39, 0.29) is 12.7 Å². The topological polar surface area (TPSA) is 91.2 Å². The minimum absolute atomic E-state index is 0.174. The first kappa shape index (κ1) is 14.5. The molecular weight excluding hydrogens is 334 g/mol. The summed E-state index contributed by atoms with van der Waals surface area (Å²) in [6.45, 7) is 0.174. The number of hydrogen-bond acceptors (Lipinski definition) is 6. The summed E-state index contributed by atoms with van der Waals surface area (Å²) < 4.78 is 11.9. The Morgan fingerprint density at radius 3 is 2.88 bits per heavy atom. The van der Waals surface area contributed by atoms with Gasteiger partial charge in [0.2, 0.25) is 6.79 Å². The van der Waals surface area contributed by atoms with E-state index in [1.165, 1.54) is 11.0 Å². The van der Waals surface area contributed by atoms with Crippen LogP contribution < -0.4 is 14.8 Å². The maximum absolute atomic E-state index is 12.6. The van der Waals surface area contributed by atoms with Gasteiger partial charge in [-0.3, -0.25) is 4.79 Å². The van der Waals surface area contributed by atoms with Gasteiger partial charge in [0.05, 0.1) is 11.3 Å². The Bertz CT molecular complexity index is 913. The van der Waals surface area contributed by atoms with E-state index in [4.69, 9.17) is 21.1 Å². The molecule has 1 N–H and O–H groups in total. The van der Waals surface area contributed by atoms with Gasteiger partial charge in [0.25, 0.3) is 5.91 Å². The van der Waals surface area contributed by atoms with E-state index in [0.29, 0.717) is 33.5 Å². The second kappa shape index (κ2) is 5.82. The molecule has 1 aromatic heterocycles. The summed E-state index contributed by atoms with van der Waals surface area (Å²) in [5.74, 6) is 0.912. The van der Waals surface area contributed by atoms with Crippen molar-refractivity contribution in [2.45, 2.75) is 0 Å². The van der Waals surface area contributed by atoms with Crippen LogP contribution in [0.25, 0.3) is 5.69 Å². The molecule has 2 heterocycles. The van der Waals surface area contributed by atoms with Crippen LogP contribution in [-0.2, 0) is 0 Å². The number of tetrazole rings is 1. The molecular formula is C15H10ClN5O3. The molecule has 24 heavy (non-hydrogen) atoms. The van der Waals surface area contributed by atoms with Gasteiger partial charge in [-0.1, -0.05) is 11.6 Å². The number of halogens is 1. The minimum atomic E-state index is -0.323. The molecule has 1 aliphatic heterocycles. The minimum Gasteiger partial charge on any atom is -0.454 e. The second-order valence-corrected chi connectivity index (χ2v) is 5.37. The molecule has 1 aliphatic rings. The van der Waals surface area contributed by atoms with Crippen molar-refractivity contribution in [2.24, 2.45) is 0 Å². The molecule has 4 rings (SSSR count). The van der Waals surface area contributed by atoms with E-state index >= 15 is 0 Å². The molecule has 0 atom stereocenters. The molecule has 2 aromatic carbocycles. The smallest absolute Gasteiger partial charge is 0.257 e. The number of benzene rings is 2. The van der Waals surface area contributed by atoms with Crippen LogP contribution in [0.3, 0.4) is 0 Å². The molecule has 0 aliphatic carbocycles. The fourth-order valence-corrected chi connectivity index (χ4v) is 2.50. The molecule has 0 unspecified atom stereocenters. The van der Waals surface area contributed by atoms with Crippen molar-refractivity contribution in [3.63, 3.8) is 0 Å². The lowest BCUT2D eigenvalue weighted by atomic mass is 10.1. The highest BCUT2D eigenvalue weighted by Crippen LogP contribution is 2.34. The number of fused-ring (bicyclic) bond motifs is 1. The summed E-state index contributed by atoms with van der Waals surface area (Å²) in [7, 11) is 0. The molecule has 0 spiro atoms. The van der Waals surface area contributed by atoms with E-state index in [2.05, 4.69) is 20.8 Å². The normalized spacial score (nSPS) is 12.2. The Kier molecular flexibility index (Phi) is 3.51. The van der Waals surface area contributed by atoms with Crippen molar-refractivity contribution in [3.05, 3.63) is 53.3 Å². The predicted octanol–water partition coefficient (Wildman–Crippen LogP) is 2.30. The van der Waals surface area contributed by atoms with E-state index in [1.54, 1.807) is 36.4 Å². The number of anilines is 1. The Hall–Kier alpha value is -3.13. The van der Waals surface area contributed by atoms with Crippen LogP contribution in [0.1, 0.15) is 10.4 Å². The Balaban J connectivity index is 1.65. The van der Waals surface area contributed by atoms with Crippen LogP contribution in [-0.4, -0.2) is 32.9 Å². The molecule has 0 fully saturated rings. The molecule has 120 valence electrons. The predicted molar refractivity (Wildman–Crippen MR) is 84.7 cm³/mol. The van der Waals surface area contributed by atoms with Crippen molar-refractivity contribution in [1.29, 1.82) is 0 Å². The largest absolute Gasteiger partial charge is 0.454 e. The average molecular weight is 344 g/mol. The number of nitrogens with zero attached hydrogens (tertiary/aromatic N) is 4. The van der Waals surface area contributed by atoms with Gasteiger partial charge in [0.1, 0.15) is 6.33 Å². The fraction of sp³-hybridized carbons (Fsp3) is 0.0667. The number of ether oxygens (including phenoxy) is 2. The number of nitrogens with one attached hydrogen (secondary N) is 1. The lowest BCUT2D eigenvalue weighted by molar-refractivity contribution is 0.102. The van der Waals surface area contributed by atoms with Gasteiger partial charge >= 0.3 is 0 Å². The number of carbonyl (C=O) groups is 1. The maximum atomic E-state index is 12.6. The SMILES string of the molecule is O=C(Nc1ccc2c(c1)OCO2)c1ccc(Cl)cc1-n1cnnn1. The van der Waals surface area contributed by atoms with Crippen molar-refractivity contribution in [3.8, 4) is 17.2 Å².